The van der Waals surface area contributed by atoms with Crippen molar-refractivity contribution in [3.05, 3.63) is 47.7 Å². The average molecular weight is 281 g/mol. The van der Waals surface area contributed by atoms with E-state index in [1.165, 1.54) is 41.4 Å². The maximum absolute atomic E-state index is 4.16. The van der Waals surface area contributed by atoms with Crippen molar-refractivity contribution in [3.63, 3.8) is 0 Å². The highest BCUT2D eigenvalue weighted by Crippen LogP contribution is 2.34. The van der Waals surface area contributed by atoms with Crippen LogP contribution in [0.2, 0.25) is 0 Å². The second-order valence-corrected chi connectivity index (χ2v) is 5.64. The molecule has 1 aliphatic carbocycles. The Morgan fingerprint density at radius 2 is 2.24 bits per heavy atom. The minimum Gasteiger partial charge on any atom is -0.357 e. The molecule has 21 heavy (non-hydrogen) atoms. The van der Waals surface area contributed by atoms with E-state index in [0.29, 0.717) is 6.04 Å². The first-order valence-corrected chi connectivity index (χ1v) is 7.59. The standard InChI is InChI=1S/C16H19N5/c1-2-6-13-11(4-1)12-5-3-7-14(16(12)20-13)17-9-8-15-18-10-19-21-15/h1-2,4,6,10,14,17,20H,3,5,7-9H2,(H,18,19,21). The predicted octanol–water partition coefficient (Wildman–Crippen LogP) is 2.50. The Hall–Kier alpha value is -2.14. The fourth-order valence-electron chi connectivity index (χ4n) is 3.34. The summed E-state index contributed by atoms with van der Waals surface area (Å²) in [5, 5.41) is 11.8. The third kappa shape index (κ3) is 2.34. The first-order valence-electron chi connectivity index (χ1n) is 7.59. The molecule has 3 N–H and O–H groups in total. The maximum Gasteiger partial charge on any atom is 0.137 e. The van der Waals surface area contributed by atoms with Crippen molar-refractivity contribution < 1.29 is 0 Å². The summed E-state index contributed by atoms with van der Waals surface area (Å²) in [6.07, 6.45) is 6.06. The fourth-order valence-corrected chi connectivity index (χ4v) is 3.34. The molecular weight excluding hydrogens is 262 g/mol. The topological polar surface area (TPSA) is 69.4 Å². The molecule has 108 valence electrons. The molecule has 0 amide bonds. The van der Waals surface area contributed by atoms with Crippen molar-refractivity contribution in [2.75, 3.05) is 6.54 Å². The summed E-state index contributed by atoms with van der Waals surface area (Å²) in [7, 11) is 0. The van der Waals surface area contributed by atoms with Crippen LogP contribution in [0.25, 0.3) is 10.9 Å². The van der Waals surface area contributed by atoms with Gasteiger partial charge in [-0.1, -0.05) is 18.2 Å². The van der Waals surface area contributed by atoms with Gasteiger partial charge in [-0.3, -0.25) is 5.10 Å². The number of aromatic nitrogens is 4. The van der Waals surface area contributed by atoms with Gasteiger partial charge in [0.05, 0.1) is 0 Å². The number of fused-ring (bicyclic) bond motifs is 3. The predicted molar refractivity (Wildman–Crippen MR) is 82.1 cm³/mol. The van der Waals surface area contributed by atoms with Crippen LogP contribution in [0.4, 0.5) is 0 Å². The van der Waals surface area contributed by atoms with E-state index >= 15 is 0 Å². The molecule has 0 saturated heterocycles. The number of nitrogens with one attached hydrogen (secondary N) is 3. The van der Waals surface area contributed by atoms with E-state index in [9.17, 15) is 0 Å². The summed E-state index contributed by atoms with van der Waals surface area (Å²) in [6.45, 7) is 0.911. The zero-order valence-corrected chi connectivity index (χ0v) is 11.9. The van der Waals surface area contributed by atoms with E-state index in [1.807, 2.05) is 0 Å². The summed E-state index contributed by atoms with van der Waals surface area (Å²) in [5.41, 5.74) is 4.13. The Morgan fingerprint density at radius 1 is 1.29 bits per heavy atom. The first-order chi connectivity index (χ1) is 10.4. The molecule has 3 aromatic rings. The van der Waals surface area contributed by atoms with E-state index < -0.39 is 0 Å². The van der Waals surface area contributed by atoms with Gasteiger partial charge in [0.25, 0.3) is 0 Å². The Kier molecular flexibility index (Phi) is 3.20. The number of nitrogens with zero attached hydrogens (tertiary/aromatic N) is 2. The van der Waals surface area contributed by atoms with Crippen molar-refractivity contribution in [2.24, 2.45) is 0 Å². The van der Waals surface area contributed by atoms with Crippen LogP contribution in [-0.2, 0) is 12.8 Å². The van der Waals surface area contributed by atoms with Gasteiger partial charge < -0.3 is 10.3 Å². The van der Waals surface area contributed by atoms with Crippen LogP contribution in [0.1, 0.15) is 36.0 Å². The molecular formula is C16H19N5. The third-order valence-corrected chi connectivity index (χ3v) is 4.33. The highest BCUT2D eigenvalue weighted by molar-refractivity contribution is 5.85. The van der Waals surface area contributed by atoms with Crippen molar-refractivity contribution in [1.82, 2.24) is 25.5 Å². The van der Waals surface area contributed by atoms with Gasteiger partial charge in [0, 0.05) is 35.6 Å². The van der Waals surface area contributed by atoms with Crippen LogP contribution < -0.4 is 5.32 Å². The van der Waals surface area contributed by atoms with Crippen LogP contribution in [0.15, 0.2) is 30.6 Å². The number of aromatic amines is 2. The second kappa shape index (κ2) is 5.33. The lowest BCUT2D eigenvalue weighted by atomic mass is 9.91. The van der Waals surface area contributed by atoms with Crippen molar-refractivity contribution >= 4 is 10.9 Å². The Balaban J connectivity index is 1.53. The Morgan fingerprint density at radius 3 is 3.14 bits per heavy atom. The zero-order chi connectivity index (χ0) is 14.1. The molecule has 5 heteroatoms. The van der Waals surface area contributed by atoms with Gasteiger partial charge in [0.15, 0.2) is 0 Å². The van der Waals surface area contributed by atoms with E-state index in [-0.39, 0.29) is 0 Å². The highest BCUT2D eigenvalue weighted by atomic mass is 15.2. The molecule has 1 atom stereocenters. The lowest BCUT2D eigenvalue weighted by Crippen LogP contribution is -2.27. The number of H-pyrrole nitrogens is 2. The Labute approximate surface area is 123 Å². The average Bonchev–Trinajstić information content (AvgIpc) is 3.15. The quantitative estimate of drug-likeness (QED) is 0.688. The zero-order valence-electron chi connectivity index (χ0n) is 11.9. The van der Waals surface area contributed by atoms with Gasteiger partial charge in [0.1, 0.15) is 12.2 Å². The minimum absolute atomic E-state index is 0.420. The van der Waals surface area contributed by atoms with Gasteiger partial charge in [-0.25, -0.2) is 4.98 Å². The molecule has 0 saturated carbocycles. The number of hydrogen-bond acceptors (Lipinski definition) is 3. The van der Waals surface area contributed by atoms with Crippen LogP contribution in [0, 0.1) is 0 Å². The number of hydrogen-bond donors (Lipinski definition) is 3. The van der Waals surface area contributed by atoms with Gasteiger partial charge in [-0.15, -0.1) is 0 Å². The lowest BCUT2D eigenvalue weighted by Gasteiger charge is -2.23. The molecule has 0 radical (unpaired) electrons. The largest absolute Gasteiger partial charge is 0.357 e. The van der Waals surface area contributed by atoms with Gasteiger partial charge in [0.2, 0.25) is 0 Å². The Bertz CT molecular complexity index is 728. The van der Waals surface area contributed by atoms with Crippen molar-refractivity contribution in [3.8, 4) is 0 Å². The second-order valence-electron chi connectivity index (χ2n) is 5.64. The van der Waals surface area contributed by atoms with Crippen LogP contribution in [0.5, 0.6) is 0 Å². The number of rotatable bonds is 4. The molecule has 2 heterocycles. The summed E-state index contributed by atoms with van der Waals surface area (Å²) in [5.74, 6) is 0.940. The smallest absolute Gasteiger partial charge is 0.137 e. The SMILES string of the molecule is c1ccc2c3c([nH]c2c1)C(NCCc1ncn[nH]1)CCC3. The fraction of sp³-hybridized carbons (Fsp3) is 0.375. The third-order valence-electron chi connectivity index (χ3n) is 4.33. The van der Waals surface area contributed by atoms with Crippen molar-refractivity contribution in [1.29, 1.82) is 0 Å². The van der Waals surface area contributed by atoms with Crippen molar-refractivity contribution in [2.45, 2.75) is 31.7 Å². The van der Waals surface area contributed by atoms with Gasteiger partial charge >= 0.3 is 0 Å². The van der Waals surface area contributed by atoms with Crippen LogP contribution in [-0.4, -0.2) is 26.7 Å². The van der Waals surface area contributed by atoms with E-state index in [2.05, 4.69) is 49.7 Å². The summed E-state index contributed by atoms with van der Waals surface area (Å²) in [6, 6.07) is 9.03. The molecule has 4 rings (SSSR count). The summed E-state index contributed by atoms with van der Waals surface area (Å²) in [4.78, 5) is 7.77. The first kappa shape index (κ1) is 12.6. The molecule has 1 aliphatic rings. The van der Waals surface area contributed by atoms with Crippen LogP contribution >= 0.6 is 0 Å². The lowest BCUT2D eigenvalue weighted by molar-refractivity contribution is 0.454. The van der Waals surface area contributed by atoms with Crippen LogP contribution in [0.3, 0.4) is 0 Å². The van der Waals surface area contributed by atoms with E-state index in [0.717, 1.165) is 18.8 Å². The number of benzene rings is 1. The molecule has 1 aromatic carbocycles. The summed E-state index contributed by atoms with van der Waals surface area (Å²) < 4.78 is 0. The molecule has 0 aliphatic heterocycles. The van der Waals surface area contributed by atoms with Gasteiger partial charge in [-0.05, 0) is 30.9 Å². The molecule has 0 spiro atoms. The van der Waals surface area contributed by atoms with E-state index in [1.54, 1.807) is 6.33 Å². The number of aryl methyl sites for hydroxylation is 1. The molecule has 0 fully saturated rings. The normalized spacial score (nSPS) is 18.0. The highest BCUT2D eigenvalue weighted by Gasteiger charge is 2.23. The maximum atomic E-state index is 4.16. The summed E-state index contributed by atoms with van der Waals surface area (Å²) >= 11 is 0. The monoisotopic (exact) mass is 281 g/mol. The van der Waals surface area contributed by atoms with Gasteiger partial charge in [-0.2, -0.15) is 5.10 Å². The van der Waals surface area contributed by atoms with E-state index in [4.69, 9.17) is 0 Å². The minimum atomic E-state index is 0.420. The molecule has 0 bridgehead atoms. The molecule has 1 unspecified atom stereocenters. The molecule has 5 nitrogen and oxygen atoms in total. The number of para-hydroxylation sites is 1. The molecule has 2 aromatic heterocycles.